The molecule has 0 saturated carbocycles. The van der Waals surface area contributed by atoms with Gasteiger partial charge in [0.1, 0.15) is 22.3 Å². The molecular formula is C17H15FN2O3S. The Balaban J connectivity index is 1.95. The second-order valence-corrected chi connectivity index (χ2v) is 6.77. The largest absolute Gasteiger partial charge is 0.497 e. The zero-order valence-electron chi connectivity index (χ0n) is 13.1. The van der Waals surface area contributed by atoms with Gasteiger partial charge in [0, 0.05) is 11.3 Å². The number of halogens is 1. The highest BCUT2D eigenvalue weighted by Crippen LogP contribution is 2.33. The summed E-state index contributed by atoms with van der Waals surface area (Å²) in [5.41, 5.74) is 1.58. The van der Waals surface area contributed by atoms with Crippen molar-refractivity contribution in [1.82, 2.24) is 0 Å². The predicted octanol–water partition coefficient (Wildman–Crippen LogP) is 3.42. The first-order valence-corrected chi connectivity index (χ1v) is 8.58. The maximum Gasteiger partial charge on any atom is 0.285 e. The SMILES string of the molecule is COc1ccc(NC2=NS(=O)(=O)C(c3ccc(F)cc3)=C2C)cc1. The van der Waals surface area contributed by atoms with Crippen molar-refractivity contribution in [3.63, 3.8) is 0 Å². The molecule has 0 bridgehead atoms. The Morgan fingerprint density at radius 3 is 2.25 bits per heavy atom. The molecular weight excluding hydrogens is 331 g/mol. The molecule has 1 aliphatic heterocycles. The van der Waals surface area contributed by atoms with Gasteiger partial charge in [-0.3, -0.25) is 0 Å². The van der Waals surface area contributed by atoms with Crippen molar-refractivity contribution in [3.8, 4) is 5.75 Å². The highest BCUT2D eigenvalue weighted by Gasteiger charge is 2.31. The van der Waals surface area contributed by atoms with E-state index in [4.69, 9.17) is 4.74 Å². The van der Waals surface area contributed by atoms with E-state index in [1.54, 1.807) is 38.3 Å². The van der Waals surface area contributed by atoms with Crippen LogP contribution in [-0.2, 0) is 10.0 Å². The molecule has 0 aliphatic carbocycles. The van der Waals surface area contributed by atoms with Gasteiger partial charge in [0.05, 0.1) is 7.11 Å². The van der Waals surface area contributed by atoms with E-state index in [1.165, 1.54) is 24.3 Å². The van der Waals surface area contributed by atoms with Gasteiger partial charge < -0.3 is 10.1 Å². The number of anilines is 1. The van der Waals surface area contributed by atoms with Crippen LogP contribution < -0.4 is 10.1 Å². The summed E-state index contributed by atoms with van der Waals surface area (Å²) in [5.74, 6) is 0.519. The molecule has 5 nitrogen and oxygen atoms in total. The van der Waals surface area contributed by atoms with Gasteiger partial charge in [0.15, 0.2) is 0 Å². The van der Waals surface area contributed by atoms with Crippen LogP contribution in [0.25, 0.3) is 4.91 Å². The number of ether oxygens (including phenoxy) is 1. The third-order valence-corrected chi connectivity index (χ3v) is 5.11. The quantitative estimate of drug-likeness (QED) is 0.925. The van der Waals surface area contributed by atoms with Gasteiger partial charge in [0.25, 0.3) is 10.0 Å². The Morgan fingerprint density at radius 1 is 1.04 bits per heavy atom. The normalized spacial score (nSPS) is 16.0. The summed E-state index contributed by atoms with van der Waals surface area (Å²) in [6.45, 7) is 1.67. The van der Waals surface area contributed by atoms with Crippen molar-refractivity contribution in [2.75, 3.05) is 12.4 Å². The lowest BCUT2D eigenvalue weighted by atomic mass is 10.1. The van der Waals surface area contributed by atoms with Crippen molar-refractivity contribution >= 4 is 26.5 Å². The lowest BCUT2D eigenvalue weighted by Gasteiger charge is -2.08. The molecule has 0 atom stereocenters. The molecule has 7 heteroatoms. The Morgan fingerprint density at radius 2 is 1.67 bits per heavy atom. The predicted molar refractivity (Wildman–Crippen MR) is 92.0 cm³/mol. The zero-order chi connectivity index (χ0) is 17.3. The minimum atomic E-state index is -3.83. The average molecular weight is 346 g/mol. The summed E-state index contributed by atoms with van der Waals surface area (Å²) in [6, 6.07) is 12.3. The van der Waals surface area contributed by atoms with Crippen LogP contribution in [-0.4, -0.2) is 21.4 Å². The molecule has 0 radical (unpaired) electrons. The molecule has 3 rings (SSSR count). The number of amidine groups is 1. The van der Waals surface area contributed by atoms with Gasteiger partial charge in [0.2, 0.25) is 0 Å². The van der Waals surface area contributed by atoms with E-state index < -0.39 is 15.8 Å². The maximum absolute atomic E-state index is 13.1. The fourth-order valence-corrected chi connectivity index (χ4v) is 3.86. The topological polar surface area (TPSA) is 67.8 Å². The van der Waals surface area contributed by atoms with Crippen molar-refractivity contribution in [2.24, 2.45) is 4.40 Å². The van der Waals surface area contributed by atoms with E-state index in [-0.39, 0.29) is 10.7 Å². The summed E-state index contributed by atoms with van der Waals surface area (Å²) in [5, 5.41) is 2.99. The smallest absolute Gasteiger partial charge is 0.285 e. The van der Waals surface area contributed by atoms with Crippen LogP contribution in [0, 0.1) is 5.82 Å². The molecule has 24 heavy (non-hydrogen) atoms. The van der Waals surface area contributed by atoms with Crippen LogP contribution in [0.1, 0.15) is 12.5 Å². The van der Waals surface area contributed by atoms with Crippen LogP contribution in [0.15, 0.2) is 58.5 Å². The Kier molecular flexibility index (Phi) is 4.11. The van der Waals surface area contributed by atoms with Crippen LogP contribution in [0.3, 0.4) is 0 Å². The molecule has 0 saturated heterocycles. The minimum Gasteiger partial charge on any atom is -0.497 e. The van der Waals surface area contributed by atoms with Crippen molar-refractivity contribution in [2.45, 2.75) is 6.92 Å². The summed E-state index contributed by atoms with van der Waals surface area (Å²) < 4.78 is 46.7. The van der Waals surface area contributed by atoms with Gasteiger partial charge in [-0.05, 0) is 48.9 Å². The number of hydrogen-bond donors (Lipinski definition) is 1. The molecule has 1 aliphatic rings. The number of methoxy groups -OCH3 is 1. The van der Waals surface area contributed by atoms with E-state index in [2.05, 4.69) is 9.71 Å². The van der Waals surface area contributed by atoms with Gasteiger partial charge in [-0.25, -0.2) is 4.39 Å². The van der Waals surface area contributed by atoms with E-state index >= 15 is 0 Å². The van der Waals surface area contributed by atoms with Crippen molar-refractivity contribution < 1.29 is 17.5 Å². The van der Waals surface area contributed by atoms with Crippen LogP contribution >= 0.6 is 0 Å². The van der Waals surface area contributed by atoms with Crippen molar-refractivity contribution in [3.05, 3.63) is 65.5 Å². The monoisotopic (exact) mass is 346 g/mol. The molecule has 2 aromatic rings. The third kappa shape index (κ3) is 3.03. The number of rotatable bonds is 3. The number of sulfonamides is 1. The lowest BCUT2D eigenvalue weighted by Crippen LogP contribution is -2.11. The fourth-order valence-electron chi connectivity index (χ4n) is 2.43. The molecule has 0 amide bonds. The molecule has 0 spiro atoms. The number of nitrogens with one attached hydrogen (secondary N) is 1. The summed E-state index contributed by atoms with van der Waals surface area (Å²) in [4.78, 5) is 0.0820. The van der Waals surface area contributed by atoms with Crippen molar-refractivity contribution in [1.29, 1.82) is 0 Å². The molecule has 0 unspecified atom stereocenters. The first kappa shape index (κ1) is 16.2. The first-order valence-electron chi connectivity index (χ1n) is 7.14. The van der Waals surface area contributed by atoms with Crippen LogP contribution in [0.4, 0.5) is 10.1 Å². The summed E-state index contributed by atoms with van der Waals surface area (Å²) in [6.07, 6.45) is 0. The number of benzene rings is 2. The first-order chi connectivity index (χ1) is 11.4. The van der Waals surface area contributed by atoms with Crippen LogP contribution in [0.2, 0.25) is 0 Å². The Labute approximate surface area is 139 Å². The molecule has 124 valence electrons. The van der Waals surface area contributed by atoms with E-state index in [0.29, 0.717) is 22.6 Å². The zero-order valence-corrected chi connectivity index (χ0v) is 13.9. The van der Waals surface area contributed by atoms with Gasteiger partial charge in [-0.1, -0.05) is 12.1 Å². The third-order valence-electron chi connectivity index (χ3n) is 3.62. The highest BCUT2D eigenvalue weighted by molar-refractivity contribution is 8.00. The van der Waals surface area contributed by atoms with Crippen LogP contribution in [0.5, 0.6) is 5.75 Å². The second-order valence-electron chi connectivity index (χ2n) is 5.23. The van der Waals surface area contributed by atoms with Gasteiger partial charge in [-0.2, -0.15) is 8.42 Å². The van der Waals surface area contributed by atoms with E-state index in [0.717, 1.165) is 0 Å². The van der Waals surface area contributed by atoms with Gasteiger partial charge in [-0.15, -0.1) is 4.40 Å². The van der Waals surface area contributed by atoms with E-state index in [9.17, 15) is 12.8 Å². The second kappa shape index (κ2) is 6.09. The Bertz CT molecular complexity index is 931. The lowest BCUT2D eigenvalue weighted by molar-refractivity contribution is 0.415. The average Bonchev–Trinajstić information content (AvgIpc) is 2.78. The number of nitrogens with zero attached hydrogens (tertiary/aromatic N) is 1. The van der Waals surface area contributed by atoms with Gasteiger partial charge >= 0.3 is 0 Å². The molecule has 1 N–H and O–H groups in total. The minimum absolute atomic E-state index is 0.0820. The maximum atomic E-state index is 13.1. The fraction of sp³-hybridized carbons (Fsp3) is 0.118. The standard InChI is InChI=1S/C17H15FN2O3S/c1-11-16(12-3-5-13(18)6-4-12)24(21,22)20-17(11)19-14-7-9-15(23-2)10-8-14/h3-10H,1-2H3,(H,19,20). The molecule has 0 fully saturated rings. The highest BCUT2D eigenvalue weighted by atomic mass is 32.2. The summed E-state index contributed by atoms with van der Waals surface area (Å²) in [7, 11) is -2.26. The molecule has 2 aromatic carbocycles. The number of hydrogen-bond acceptors (Lipinski definition) is 4. The van der Waals surface area contributed by atoms with E-state index in [1.807, 2.05) is 0 Å². The molecule has 1 heterocycles. The summed E-state index contributed by atoms with van der Waals surface area (Å²) >= 11 is 0. The Hall–Kier alpha value is -2.67. The molecule has 0 aromatic heterocycles.